The lowest BCUT2D eigenvalue weighted by atomic mass is 10.3. The molecule has 1 aromatic rings. The molecule has 0 aliphatic carbocycles. The van der Waals surface area contributed by atoms with Gasteiger partial charge in [0.25, 0.3) is 0 Å². The highest BCUT2D eigenvalue weighted by molar-refractivity contribution is 7.87. The van der Waals surface area contributed by atoms with Crippen molar-refractivity contribution in [3.63, 3.8) is 0 Å². The summed E-state index contributed by atoms with van der Waals surface area (Å²) >= 11 is 4.06. The molecule has 1 amide bonds. The fourth-order valence-corrected chi connectivity index (χ4v) is 1.52. The van der Waals surface area contributed by atoms with E-state index < -0.39 is 16.3 Å². The van der Waals surface area contributed by atoms with Gasteiger partial charge in [0.2, 0.25) is 0 Å². The second-order valence-electron chi connectivity index (χ2n) is 3.28. The highest BCUT2D eigenvalue weighted by Crippen LogP contribution is 2.15. The number of amides is 1. The van der Waals surface area contributed by atoms with E-state index in [0.29, 0.717) is 4.90 Å². The van der Waals surface area contributed by atoms with Crippen LogP contribution in [-0.2, 0) is 10.2 Å². The zero-order valence-corrected chi connectivity index (χ0v) is 11.0. The van der Waals surface area contributed by atoms with E-state index in [9.17, 15) is 13.2 Å². The van der Waals surface area contributed by atoms with Crippen molar-refractivity contribution in [2.45, 2.75) is 4.90 Å². The first-order chi connectivity index (χ1) is 7.81. The van der Waals surface area contributed by atoms with Crippen LogP contribution in [0.3, 0.4) is 0 Å². The molecule has 94 valence electrons. The maximum absolute atomic E-state index is 11.3. The first-order valence-electron chi connectivity index (χ1n) is 4.52. The lowest BCUT2D eigenvalue weighted by molar-refractivity contribution is 0.206. The van der Waals surface area contributed by atoms with E-state index in [4.69, 9.17) is 4.74 Å². The van der Waals surface area contributed by atoms with Crippen LogP contribution in [0.15, 0.2) is 29.2 Å². The highest BCUT2D eigenvalue weighted by Gasteiger charge is 2.18. The first-order valence-corrected chi connectivity index (χ1v) is 6.41. The van der Waals surface area contributed by atoms with Crippen molar-refractivity contribution in [2.24, 2.45) is 0 Å². The Kier molecular flexibility index (Phi) is 4.38. The maximum Gasteiger partial charge on any atom is 0.427 e. The molecule has 0 saturated heterocycles. The van der Waals surface area contributed by atoms with Gasteiger partial charge < -0.3 is 4.74 Å². The molecule has 0 aliphatic heterocycles. The fraction of sp³-hybridized carbons (Fsp3) is 0.222. The zero-order valence-electron chi connectivity index (χ0n) is 9.25. The molecule has 0 aromatic heterocycles. The third-order valence-corrected chi connectivity index (χ3v) is 3.39. The van der Waals surface area contributed by atoms with Crippen LogP contribution >= 0.6 is 12.6 Å². The summed E-state index contributed by atoms with van der Waals surface area (Å²) in [6, 6.07) is 6.34. The fourth-order valence-electron chi connectivity index (χ4n) is 0.871. The van der Waals surface area contributed by atoms with Gasteiger partial charge in [-0.1, -0.05) is 6.07 Å². The Labute approximate surface area is 105 Å². The average Bonchev–Trinajstić information content (AvgIpc) is 2.15. The van der Waals surface area contributed by atoms with Crippen molar-refractivity contribution >= 4 is 28.9 Å². The summed E-state index contributed by atoms with van der Waals surface area (Å²) in [4.78, 5) is 11.9. The Morgan fingerprint density at radius 1 is 1.41 bits per heavy atom. The van der Waals surface area contributed by atoms with Crippen LogP contribution in [-0.4, -0.2) is 32.9 Å². The van der Waals surface area contributed by atoms with Gasteiger partial charge >= 0.3 is 16.3 Å². The van der Waals surface area contributed by atoms with Gasteiger partial charge in [-0.3, -0.25) is 0 Å². The van der Waals surface area contributed by atoms with Crippen molar-refractivity contribution < 1.29 is 17.9 Å². The average molecular weight is 276 g/mol. The van der Waals surface area contributed by atoms with E-state index in [1.165, 1.54) is 26.2 Å². The van der Waals surface area contributed by atoms with Crippen LogP contribution < -0.4 is 9.46 Å². The molecule has 0 fully saturated rings. The molecule has 1 rings (SSSR count). The van der Waals surface area contributed by atoms with Crippen LogP contribution in [0.4, 0.5) is 4.79 Å². The quantitative estimate of drug-likeness (QED) is 0.803. The molecular formula is C9H12N2O4S2. The number of nitrogens with one attached hydrogen (secondary N) is 1. The molecule has 6 nitrogen and oxygen atoms in total. The first kappa shape index (κ1) is 13.8. The summed E-state index contributed by atoms with van der Waals surface area (Å²) in [7, 11) is -1.25. The van der Waals surface area contributed by atoms with Gasteiger partial charge in [-0.05, 0) is 18.2 Å². The number of carbonyl (C=O) groups excluding carboxylic acids is 1. The van der Waals surface area contributed by atoms with Crippen molar-refractivity contribution in [2.75, 3.05) is 14.1 Å². The molecule has 0 unspecified atom stereocenters. The number of carbonyl (C=O) groups is 1. The Balaban J connectivity index is 2.69. The van der Waals surface area contributed by atoms with Crippen LogP contribution in [0.1, 0.15) is 0 Å². The number of rotatable bonds is 3. The minimum absolute atomic E-state index is 0.212. The standard InChI is InChI=1S/C9H12N2O4S2/c1-11(2)17(13,14)10-9(12)15-7-4-3-5-8(16)6-7/h3-6,16H,1-2H3,(H,10,12). The molecule has 0 bridgehead atoms. The number of nitrogens with zero attached hydrogens (tertiary/aromatic N) is 1. The Bertz CT molecular complexity index is 513. The minimum atomic E-state index is -3.84. The molecule has 0 aliphatic rings. The summed E-state index contributed by atoms with van der Waals surface area (Å²) in [6.07, 6.45) is -1.07. The molecule has 0 saturated carbocycles. The van der Waals surface area contributed by atoms with Crippen molar-refractivity contribution in [3.8, 4) is 5.75 Å². The minimum Gasteiger partial charge on any atom is -0.410 e. The van der Waals surface area contributed by atoms with Gasteiger partial charge in [0, 0.05) is 19.0 Å². The summed E-state index contributed by atoms with van der Waals surface area (Å²) in [5.74, 6) is 0.212. The van der Waals surface area contributed by atoms with E-state index in [1.54, 1.807) is 16.9 Å². The van der Waals surface area contributed by atoms with Gasteiger partial charge in [0.1, 0.15) is 5.75 Å². The number of hydrogen-bond donors (Lipinski definition) is 2. The van der Waals surface area contributed by atoms with E-state index in [0.717, 1.165) is 4.31 Å². The molecule has 1 N–H and O–H groups in total. The summed E-state index contributed by atoms with van der Waals surface area (Å²) in [5.41, 5.74) is 0. The van der Waals surface area contributed by atoms with Gasteiger partial charge in [0.05, 0.1) is 0 Å². The van der Waals surface area contributed by atoms with Crippen molar-refractivity contribution in [1.29, 1.82) is 0 Å². The molecular weight excluding hydrogens is 264 g/mol. The SMILES string of the molecule is CN(C)S(=O)(=O)NC(=O)Oc1cccc(S)c1. The lowest BCUT2D eigenvalue weighted by Gasteiger charge is -2.12. The molecule has 0 atom stereocenters. The lowest BCUT2D eigenvalue weighted by Crippen LogP contribution is -2.40. The number of hydrogen-bond acceptors (Lipinski definition) is 5. The monoisotopic (exact) mass is 276 g/mol. The number of ether oxygens (including phenoxy) is 1. The molecule has 0 heterocycles. The Morgan fingerprint density at radius 3 is 2.59 bits per heavy atom. The summed E-state index contributed by atoms with van der Waals surface area (Å²) in [6.45, 7) is 0. The van der Waals surface area contributed by atoms with Crippen LogP contribution in [0.2, 0.25) is 0 Å². The largest absolute Gasteiger partial charge is 0.427 e. The predicted octanol–water partition coefficient (Wildman–Crippen LogP) is 0.870. The van der Waals surface area contributed by atoms with Crippen molar-refractivity contribution in [1.82, 2.24) is 9.03 Å². The molecule has 1 aromatic carbocycles. The van der Waals surface area contributed by atoms with Gasteiger partial charge in [0.15, 0.2) is 0 Å². The van der Waals surface area contributed by atoms with Crippen LogP contribution in [0, 0.1) is 0 Å². The Morgan fingerprint density at radius 2 is 2.06 bits per heavy atom. The zero-order chi connectivity index (χ0) is 13.1. The normalized spacial score (nSPS) is 11.3. The van der Waals surface area contributed by atoms with E-state index in [2.05, 4.69) is 12.6 Å². The van der Waals surface area contributed by atoms with E-state index in [1.807, 2.05) is 0 Å². The third-order valence-electron chi connectivity index (χ3n) is 1.72. The van der Waals surface area contributed by atoms with Gasteiger partial charge in [-0.2, -0.15) is 12.7 Å². The van der Waals surface area contributed by atoms with E-state index >= 15 is 0 Å². The van der Waals surface area contributed by atoms with Crippen LogP contribution in [0.25, 0.3) is 0 Å². The van der Waals surface area contributed by atoms with Crippen molar-refractivity contribution in [3.05, 3.63) is 24.3 Å². The van der Waals surface area contributed by atoms with Crippen LogP contribution in [0.5, 0.6) is 5.75 Å². The predicted molar refractivity (Wildman–Crippen MR) is 65.5 cm³/mol. The Hall–Kier alpha value is -1.25. The molecule has 8 heteroatoms. The number of thiol groups is 1. The molecule has 17 heavy (non-hydrogen) atoms. The maximum atomic E-state index is 11.3. The second kappa shape index (κ2) is 5.39. The summed E-state index contributed by atoms with van der Waals surface area (Å²) < 4.78 is 30.0. The smallest absolute Gasteiger partial charge is 0.410 e. The topological polar surface area (TPSA) is 75.7 Å². The van der Waals surface area contributed by atoms with Gasteiger partial charge in [-0.15, -0.1) is 12.6 Å². The molecule has 0 spiro atoms. The summed E-state index contributed by atoms with van der Waals surface area (Å²) in [5, 5.41) is 0. The second-order valence-corrected chi connectivity index (χ2v) is 5.68. The number of benzene rings is 1. The highest BCUT2D eigenvalue weighted by atomic mass is 32.2. The van der Waals surface area contributed by atoms with E-state index in [-0.39, 0.29) is 5.75 Å². The third kappa shape index (κ3) is 4.25. The van der Waals surface area contributed by atoms with Gasteiger partial charge in [-0.25, -0.2) is 9.52 Å². The molecule has 0 radical (unpaired) electrons.